The number of benzene rings is 1. The van der Waals surface area contributed by atoms with Crippen molar-refractivity contribution < 1.29 is 14.3 Å². The minimum absolute atomic E-state index is 0. The van der Waals surface area contributed by atoms with Crippen LogP contribution in [-0.4, -0.2) is 56.2 Å². The highest BCUT2D eigenvalue weighted by Crippen LogP contribution is 2.18. The van der Waals surface area contributed by atoms with Crippen molar-refractivity contribution in [1.29, 1.82) is 0 Å². The Morgan fingerprint density at radius 1 is 1.41 bits per heavy atom. The van der Waals surface area contributed by atoms with Gasteiger partial charge in [0.15, 0.2) is 12.6 Å². The molecule has 2 rings (SSSR count). The van der Waals surface area contributed by atoms with Gasteiger partial charge >= 0.3 is 0 Å². The molecule has 1 heterocycles. The van der Waals surface area contributed by atoms with Crippen LogP contribution < -0.4 is 15.8 Å². The van der Waals surface area contributed by atoms with Crippen molar-refractivity contribution in [1.82, 2.24) is 10.2 Å². The molecule has 0 aromatic heterocycles. The van der Waals surface area contributed by atoms with Gasteiger partial charge in [-0.3, -0.25) is 4.79 Å². The molecular weight excluding hydrogens is 459 g/mol. The lowest BCUT2D eigenvalue weighted by Crippen LogP contribution is -2.40. The van der Waals surface area contributed by atoms with E-state index in [0.29, 0.717) is 18.2 Å². The average molecular weight is 490 g/mol. The van der Waals surface area contributed by atoms with Gasteiger partial charge in [-0.1, -0.05) is 12.1 Å². The summed E-state index contributed by atoms with van der Waals surface area (Å²) < 4.78 is 10.9. The number of hydrogen-bond acceptors (Lipinski definition) is 4. The fraction of sp³-hybridized carbons (Fsp3) is 0.579. The Morgan fingerprint density at radius 3 is 2.93 bits per heavy atom. The molecule has 3 N–H and O–H groups in total. The number of guanidine groups is 1. The van der Waals surface area contributed by atoms with E-state index in [0.717, 1.165) is 50.8 Å². The summed E-state index contributed by atoms with van der Waals surface area (Å²) in [5.74, 6) is 1.62. The highest BCUT2D eigenvalue weighted by molar-refractivity contribution is 14.0. The molecular formula is C19H31IN4O3. The van der Waals surface area contributed by atoms with E-state index in [-0.39, 0.29) is 30.6 Å². The van der Waals surface area contributed by atoms with Crippen LogP contribution in [0.2, 0.25) is 0 Å². The van der Waals surface area contributed by atoms with Crippen LogP contribution in [0.15, 0.2) is 29.3 Å². The maximum absolute atomic E-state index is 10.8. The first kappa shape index (κ1) is 23.5. The van der Waals surface area contributed by atoms with E-state index < -0.39 is 5.91 Å². The Bertz CT molecular complexity index is 612. The lowest BCUT2D eigenvalue weighted by molar-refractivity contribution is -0.119. The number of nitrogens with two attached hydrogens (primary N) is 1. The summed E-state index contributed by atoms with van der Waals surface area (Å²) in [4.78, 5) is 17.9. The molecule has 0 spiro atoms. The van der Waals surface area contributed by atoms with Gasteiger partial charge in [0.05, 0.1) is 13.2 Å². The number of aliphatic imine (C=N–C) groups is 1. The van der Waals surface area contributed by atoms with Crippen molar-refractivity contribution in [3.8, 4) is 5.75 Å². The molecule has 1 atom stereocenters. The maximum atomic E-state index is 10.8. The van der Waals surface area contributed by atoms with E-state index >= 15 is 0 Å². The van der Waals surface area contributed by atoms with Gasteiger partial charge in [-0.25, -0.2) is 4.99 Å². The number of hydrogen-bond donors (Lipinski definition) is 2. The van der Waals surface area contributed by atoms with Gasteiger partial charge in [-0.2, -0.15) is 0 Å². The molecule has 1 fully saturated rings. The highest BCUT2D eigenvalue weighted by atomic mass is 127. The third-order valence-corrected chi connectivity index (χ3v) is 4.17. The van der Waals surface area contributed by atoms with Crippen LogP contribution >= 0.6 is 24.0 Å². The molecule has 7 nitrogen and oxygen atoms in total. The number of nitrogens with zero attached hydrogens (tertiary/aromatic N) is 2. The second-order valence-electron chi connectivity index (χ2n) is 6.33. The second kappa shape index (κ2) is 12.8. The zero-order valence-corrected chi connectivity index (χ0v) is 18.5. The molecule has 1 aromatic rings. The maximum Gasteiger partial charge on any atom is 0.255 e. The number of primary amides is 1. The number of carbonyl (C=O) groups is 1. The molecule has 0 radical (unpaired) electrons. The topological polar surface area (TPSA) is 89.2 Å². The zero-order chi connectivity index (χ0) is 18.8. The van der Waals surface area contributed by atoms with Gasteiger partial charge < -0.3 is 25.4 Å². The first-order chi connectivity index (χ1) is 12.6. The van der Waals surface area contributed by atoms with E-state index in [1.807, 2.05) is 25.1 Å². The highest BCUT2D eigenvalue weighted by Gasteiger charge is 2.24. The molecule has 1 saturated heterocycles. The fourth-order valence-corrected chi connectivity index (χ4v) is 2.93. The van der Waals surface area contributed by atoms with Gasteiger partial charge in [-0.05, 0) is 38.0 Å². The molecule has 1 unspecified atom stereocenters. The summed E-state index contributed by atoms with van der Waals surface area (Å²) in [5, 5.41) is 3.37. The Kier molecular flexibility index (Phi) is 11.1. The predicted octanol–water partition coefficient (Wildman–Crippen LogP) is 1.99. The second-order valence-corrected chi connectivity index (χ2v) is 6.33. The smallest absolute Gasteiger partial charge is 0.255 e. The first-order valence-electron chi connectivity index (χ1n) is 9.23. The standard InChI is InChI=1S/C19H30N4O3.HI/c1-3-21-19(23-9-8-16(12-23)13-25-4-2)22-11-15-6-5-7-17(10-15)26-14-18(20)24;/h5-7,10,16H,3-4,8-9,11-14H2,1-2H3,(H2,20,24)(H,21,22);1H. The van der Waals surface area contributed by atoms with Crippen molar-refractivity contribution in [2.24, 2.45) is 16.6 Å². The van der Waals surface area contributed by atoms with Crippen molar-refractivity contribution >= 4 is 35.8 Å². The number of nitrogens with one attached hydrogen (secondary N) is 1. The summed E-state index contributed by atoms with van der Waals surface area (Å²) in [6.45, 7) is 8.88. The summed E-state index contributed by atoms with van der Waals surface area (Å²) >= 11 is 0. The van der Waals surface area contributed by atoms with Crippen LogP contribution in [0.4, 0.5) is 0 Å². The first-order valence-corrected chi connectivity index (χ1v) is 9.23. The van der Waals surface area contributed by atoms with Gasteiger partial charge in [0.1, 0.15) is 5.75 Å². The van der Waals surface area contributed by atoms with Crippen LogP contribution in [0.25, 0.3) is 0 Å². The van der Waals surface area contributed by atoms with Crippen LogP contribution in [0, 0.1) is 5.92 Å². The zero-order valence-electron chi connectivity index (χ0n) is 16.1. The van der Waals surface area contributed by atoms with E-state index in [1.54, 1.807) is 6.07 Å². The summed E-state index contributed by atoms with van der Waals surface area (Å²) in [5.41, 5.74) is 6.13. The quantitative estimate of drug-likeness (QED) is 0.314. The van der Waals surface area contributed by atoms with Gasteiger partial charge in [-0.15, -0.1) is 24.0 Å². The molecule has 1 aliphatic heterocycles. The Labute approximate surface area is 178 Å². The van der Waals surface area contributed by atoms with Crippen molar-refractivity contribution in [2.75, 3.05) is 39.5 Å². The number of likely N-dealkylation sites (tertiary alicyclic amines) is 1. The summed E-state index contributed by atoms with van der Waals surface area (Å²) in [7, 11) is 0. The lowest BCUT2D eigenvalue weighted by Gasteiger charge is -2.21. The molecule has 1 amide bonds. The van der Waals surface area contributed by atoms with E-state index in [2.05, 4.69) is 17.1 Å². The minimum Gasteiger partial charge on any atom is -0.484 e. The molecule has 152 valence electrons. The van der Waals surface area contributed by atoms with Crippen molar-refractivity contribution in [2.45, 2.75) is 26.8 Å². The molecule has 0 bridgehead atoms. The summed E-state index contributed by atoms with van der Waals surface area (Å²) in [6.07, 6.45) is 1.13. The molecule has 0 aliphatic carbocycles. The van der Waals surface area contributed by atoms with Crippen LogP contribution in [0.3, 0.4) is 0 Å². The van der Waals surface area contributed by atoms with E-state index in [9.17, 15) is 4.79 Å². The number of rotatable bonds is 9. The summed E-state index contributed by atoms with van der Waals surface area (Å²) in [6, 6.07) is 7.58. The van der Waals surface area contributed by atoms with Gasteiger partial charge in [0.25, 0.3) is 5.91 Å². The number of halogens is 1. The van der Waals surface area contributed by atoms with E-state index in [1.165, 1.54) is 0 Å². The third-order valence-electron chi connectivity index (χ3n) is 4.17. The average Bonchev–Trinajstić information content (AvgIpc) is 3.11. The minimum atomic E-state index is -0.488. The van der Waals surface area contributed by atoms with Gasteiger partial charge in [0, 0.05) is 32.2 Å². The predicted molar refractivity (Wildman–Crippen MR) is 118 cm³/mol. The lowest BCUT2D eigenvalue weighted by atomic mass is 10.1. The van der Waals surface area contributed by atoms with Crippen LogP contribution in [-0.2, 0) is 16.1 Å². The third kappa shape index (κ3) is 8.34. The molecule has 27 heavy (non-hydrogen) atoms. The van der Waals surface area contributed by atoms with Gasteiger partial charge in [0.2, 0.25) is 0 Å². The Hall–Kier alpha value is -1.55. The Balaban J connectivity index is 0.00000364. The molecule has 0 saturated carbocycles. The van der Waals surface area contributed by atoms with Crippen molar-refractivity contribution in [3.63, 3.8) is 0 Å². The number of amides is 1. The monoisotopic (exact) mass is 490 g/mol. The van der Waals surface area contributed by atoms with E-state index in [4.69, 9.17) is 20.2 Å². The van der Waals surface area contributed by atoms with Crippen LogP contribution in [0.5, 0.6) is 5.75 Å². The molecule has 8 heteroatoms. The molecule has 1 aromatic carbocycles. The largest absolute Gasteiger partial charge is 0.484 e. The molecule has 1 aliphatic rings. The SMILES string of the molecule is CCNC(=NCc1cccc(OCC(N)=O)c1)N1CCC(COCC)C1.I. The fourth-order valence-electron chi connectivity index (χ4n) is 2.93. The van der Waals surface area contributed by atoms with Crippen LogP contribution in [0.1, 0.15) is 25.8 Å². The van der Waals surface area contributed by atoms with Crippen molar-refractivity contribution in [3.05, 3.63) is 29.8 Å². The normalized spacial score (nSPS) is 16.7. The number of carbonyl (C=O) groups excluding carboxylic acids is 1. The Morgan fingerprint density at radius 2 is 2.22 bits per heavy atom. The number of ether oxygens (including phenoxy) is 2.